The molecule has 2 unspecified atom stereocenters. The van der Waals surface area contributed by atoms with E-state index in [4.69, 9.17) is 23.2 Å². The second-order valence-electron chi connectivity index (χ2n) is 5.79. The van der Waals surface area contributed by atoms with Gasteiger partial charge in [-0.1, -0.05) is 37.0 Å². The van der Waals surface area contributed by atoms with Crippen LogP contribution in [0.3, 0.4) is 0 Å². The molecule has 0 aliphatic carbocycles. The van der Waals surface area contributed by atoms with Gasteiger partial charge in [0.2, 0.25) is 0 Å². The van der Waals surface area contributed by atoms with Crippen LogP contribution in [0.25, 0.3) is 0 Å². The molecule has 2 nitrogen and oxygen atoms in total. The number of piperazine rings is 1. The summed E-state index contributed by atoms with van der Waals surface area (Å²) in [6.45, 7) is 9.73. The van der Waals surface area contributed by atoms with Gasteiger partial charge in [-0.15, -0.1) is 0 Å². The van der Waals surface area contributed by atoms with Crippen molar-refractivity contribution < 1.29 is 0 Å². The zero-order chi connectivity index (χ0) is 14.0. The van der Waals surface area contributed by atoms with Crippen LogP contribution in [-0.4, -0.2) is 30.1 Å². The fourth-order valence-electron chi connectivity index (χ4n) is 2.73. The van der Waals surface area contributed by atoms with Gasteiger partial charge < -0.3 is 5.32 Å². The van der Waals surface area contributed by atoms with Crippen LogP contribution < -0.4 is 5.32 Å². The quantitative estimate of drug-likeness (QED) is 0.913. The van der Waals surface area contributed by atoms with Crippen LogP contribution in [0.1, 0.15) is 26.3 Å². The Bertz CT molecular complexity index is 434. The highest BCUT2D eigenvalue weighted by Gasteiger charge is 2.28. The van der Waals surface area contributed by atoms with Gasteiger partial charge in [-0.05, 0) is 36.6 Å². The Morgan fingerprint density at radius 3 is 2.79 bits per heavy atom. The van der Waals surface area contributed by atoms with Gasteiger partial charge in [0.25, 0.3) is 0 Å². The van der Waals surface area contributed by atoms with Gasteiger partial charge in [0.1, 0.15) is 0 Å². The Morgan fingerprint density at radius 2 is 2.11 bits per heavy atom. The van der Waals surface area contributed by atoms with E-state index >= 15 is 0 Å². The lowest BCUT2D eigenvalue weighted by atomic mass is 9.98. The molecule has 4 heteroatoms. The van der Waals surface area contributed by atoms with Crippen molar-refractivity contribution in [2.75, 3.05) is 13.1 Å². The minimum absolute atomic E-state index is 0.521. The standard InChI is InChI=1S/C15H22Cl2N2/c1-10(2)15-7-18-11(3)8-19(15)9-12-6-13(16)4-5-14(12)17/h4-6,10-11,15,18H,7-9H2,1-3H3. The van der Waals surface area contributed by atoms with Crippen molar-refractivity contribution >= 4 is 23.2 Å². The van der Waals surface area contributed by atoms with E-state index in [9.17, 15) is 0 Å². The lowest BCUT2D eigenvalue weighted by molar-refractivity contribution is 0.0956. The number of rotatable bonds is 3. The summed E-state index contributed by atoms with van der Waals surface area (Å²) < 4.78 is 0. The first kappa shape index (κ1) is 15.1. The molecule has 1 aliphatic rings. The third-order valence-corrected chi connectivity index (χ3v) is 4.41. The number of hydrogen-bond acceptors (Lipinski definition) is 2. The SMILES string of the molecule is CC1CN(Cc2cc(Cl)ccc2Cl)C(C(C)C)CN1. The summed E-state index contributed by atoms with van der Waals surface area (Å²) in [4.78, 5) is 2.52. The molecule has 2 atom stereocenters. The van der Waals surface area contributed by atoms with E-state index in [1.54, 1.807) is 0 Å². The van der Waals surface area contributed by atoms with Crippen LogP contribution in [0.2, 0.25) is 10.0 Å². The highest BCUT2D eigenvalue weighted by molar-refractivity contribution is 6.33. The smallest absolute Gasteiger partial charge is 0.0452 e. The fourth-order valence-corrected chi connectivity index (χ4v) is 3.10. The molecule has 1 aromatic rings. The van der Waals surface area contributed by atoms with Crippen molar-refractivity contribution in [1.29, 1.82) is 0 Å². The predicted molar refractivity (Wildman–Crippen MR) is 83.0 cm³/mol. The zero-order valence-electron chi connectivity index (χ0n) is 11.8. The Morgan fingerprint density at radius 1 is 1.37 bits per heavy atom. The van der Waals surface area contributed by atoms with Gasteiger partial charge >= 0.3 is 0 Å². The summed E-state index contributed by atoms with van der Waals surface area (Å²) in [6, 6.07) is 6.77. The predicted octanol–water partition coefficient (Wildman–Crippen LogP) is 3.81. The molecule has 0 aromatic heterocycles. The molecule has 1 N–H and O–H groups in total. The van der Waals surface area contributed by atoms with Crippen LogP contribution >= 0.6 is 23.2 Å². The van der Waals surface area contributed by atoms with Crippen molar-refractivity contribution in [2.45, 2.75) is 39.4 Å². The average molecular weight is 301 g/mol. The minimum atomic E-state index is 0.521. The zero-order valence-corrected chi connectivity index (χ0v) is 13.3. The topological polar surface area (TPSA) is 15.3 Å². The maximum absolute atomic E-state index is 6.28. The Hall–Kier alpha value is -0.280. The molecular formula is C15H22Cl2N2. The number of halogens is 2. The van der Waals surface area contributed by atoms with Gasteiger partial charge in [-0.3, -0.25) is 4.90 Å². The van der Waals surface area contributed by atoms with Crippen LogP contribution in [-0.2, 0) is 6.54 Å². The molecule has 1 heterocycles. The van der Waals surface area contributed by atoms with E-state index in [0.717, 1.165) is 35.2 Å². The van der Waals surface area contributed by atoms with Gasteiger partial charge in [0.15, 0.2) is 0 Å². The van der Waals surface area contributed by atoms with Crippen LogP contribution in [0, 0.1) is 5.92 Å². The van der Waals surface area contributed by atoms with Gasteiger partial charge in [0.05, 0.1) is 0 Å². The van der Waals surface area contributed by atoms with Gasteiger partial charge in [-0.25, -0.2) is 0 Å². The Labute approximate surface area is 126 Å². The largest absolute Gasteiger partial charge is 0.311 e. The fraction of sp³-hybridized carbons (Fsp3) is 0.600. The number of benzene rings is 1. The van der Waals surface area contributed by atoms with Crippen molar-refractivity contribution in [2.24, 2.45) is 5.92 Å². The highest BCUT2D eigenvalue weighted by atomic mass is 35.5. The molecule has 19 heavy (non-hydrogen) atoms. The van der Waals surface area contributed by atoms with Crippen LogP contribution in [0.15, 0.2) is 18.2 Å². The number of nitrogens with zero attached hydrogens (tertiary/aromatic N) is 1. The van der Waals surface area contributed by atoms with Crippen molar-refractivity contribution in [3.05, 3.63) is 33.8 Å². The summed E-state index contributed by atoms with van der Waals surface area (Å²) in [5.41, 5.74) is 1.12. The maximum atomic E-state index is 6.28. The molecule has 0 spiro atoms. The number of hydrogen-bond donors (Lipinski definition) is 1. The molecule has 0 saturated carbocycles. The second kappa shape index (κ2) is 6.45. The van der Waals surface area contributed by atoms with Gasteiger partial charge in [-0.2, -0.15) is 0 Å². The normalized spacial score (nSPS) is 24.9. The van der Waals surface area contributed by atoms with E-state index in [-0.39, 0.29) is 0 Å². The van der Waals surface area contributed by atoms with Crippen molar-refractivity contribution in [3.63, 3.8) is 0 Å². The van der Waals surface area contributed by atoms with E-state index in [1.807, 2.05) is 18.2 Å². The van der Waals surface area contributed by atoms with E-state index < -0.39 is 0 Å². The molecule has 106 valence electrons. The first-order valence-corrected chi connectivity index (χ1v) is 7.64. The maximum Gasteiger partial charge on any atom is 0.0452 e. The van der Waals surface area contributed by atoms with Gasteiger partial charge in [0, 0.05) is 41.8 Å². The highest BCUT2D eigenvalue weighted by Crippen LogP contribution is 2.25. The summed E-state index contributed by atoms with van der Waals surface area (Å²) in [5.74, 6) is 0.623. The van der Waals surface area contributed by atoms with Crippen molar-refractivity contribution in [3.8, 4) is 0 Å². The minimum Gasteiger partial charge on any atom is -0.311 e. The molecule has 0 radical (unpaired) electrons. The summed E-state index contributed by atoms with van der Waals surface area (Å²) in [5, 5.41) is 5.11. The first-order valence-electron chi connectivity index (χ1n) is 6.88. The van der Waals surface area contributed by atoms with E-state index in [1.165, 1.54) is 0 Å². The molecule has 1 aliphatic heterocycles. The first-order chi connectivity index (χ1) is 8.97. The third-order valence-electron chi connectivity index (χ3n) is 3.80. The number of nitrogens with one attached hydrogen (secondary N) is 1. The van der Waals surface area contributed by atoms with E-state index in [2.05, 4.69) is 31.0 Å². The van der Waals surface area contributed by atoms with E-state index in [0.29, 0.717) is 18.0 Å². The molecule has 0 bridgehead atoms. The summed E-state index contributed by atoms with van der Waals surface area (Å²) in [6.07, 6.45) is 0. The summed E-state index contributed by atoms with van der Waals surface area (Å²) in [7, 11) is 0. The third kappa shape index (κ3) is 3.85. The lowest BCUT2D eigenvalue weighted by Gasteiger charge is -2.41. The molecular weight excluding hydrogens is 279 g/mol. The van der Waals surface area contributed by atoms with Crippen LogP contribution in [0.4, 0.5) is 0 Å². The van der Waals surface area contributed by atoms with Crippen LogP contribution in [0.5, 0.6) is 0 Å². The Balaban J connectivity index is 2.16. The molecule has 2 rings (SSSR count). The second-order valence-corrected chi connectivity index (χ2v) is 6.63. The van der Waals surface area contributed by atoms with Crippen molar-refractivity contribution in [1.82, 2.24) is 10.2 Å². The summed E-state index contributed by atoms with van der Waals surface area (Å²) >= 11 is 12.4. The average Bonchev–Trinajstić information content (AvgIpc) is 2.33. The molecule has 1 fully saturated rings. The Kier molecular flexibility index (Phi) is 5.13. The molecule has 1 aromatic carbocycles. The molecule has 0 amide bonds. The lowest BCUT2D eigenvalue weighted by Crippen LogP contribution is -2.56. The monoisotopic (exact) mass is 300 g/mol. The molecule has 1 saturated heterocycles.